The van der Waals surface area contributed by atoms with Crippen molar-refractivity contribution in [3.8, 4) is 17.2 Å². The first kappa shape index (κ1) is 25.7. The molecule has 1 aliphatic heterocycles. The number of aromatic nitrogens is 3. The molecule has 200 valence electrons. The molecular formula is C28H28N6O5. The van der Waals surface area contributed by atoms with Crippen molar-refractivity contribution < 1.29 is 23.8 Å². The Balaban J connectivity index is 1.26. The molecule has 0 aliphatic carbocycles. The predicted octanol–water partition coefficient (Wildman–Crippen LogP) is 5.48. The van der Waals surface area contributed by atoms with Crippen molar-refractivity contribution in [2.45, 2.75) is 19.3 Å². The minimum Gasteiger partial charge on any atom is -0.457 e. The number of aryl methyl sites for hydroxylation is 1. The molecule has 11 nitrogen and oxygen atoms in total. The Hall–Kier alpha value is -4.90. The van der Waals surface area contributed by atoms with E-state index in [1.54, 1.807) is 41.1 Å². The average molecular weight is 529 g/mol. The lowest BCUT2D eigenvalue weighted by Gasteiger charge is -2.36. The molecule has 1 saturated heterocycles. The molecule has 5 rings (SSSR count). The van der Waals surface area contributed by atoms with Gasteiger partial charge in [0.15, 0.2) is 0 Å². The number of amides is 3. The Bertz CT molecular complexity index is 1480. The van der Waals surface area contributed by atoms with Crippen LogP contribution in [0.1, 0.15) is 18.2 Å². The number of urea groups is 1. The van der Waals surface area contributed by atoms with Gasteiger partial charge in [-0.1, -0.05) is 17.7 Å². The largest absolute Gasteiger partial charge is 0.457 e. The van der Waals surface area contributed by atoms with Gasteiger partial charge >= 0.3 is 12.1 Å². The summed E-state index contributed by atoms with van der Waals surface area (Å²) in [4.78, 5) is 28.4. The minimum atomic E-state index is -0.627. The van der Waals surface area contributed by atoms with E-state index in [1.165, 1.54) is 13.3 Å². The zero-order chi connectivity index (χ0) is 27.4. The zero-order valence-electron chi connectivity index (χ0n) is 21.7. The van der Waals surface area contributed by atoms with Gasteiger partial charge < -0.3 is 19.5 Å². The number of nitrogens with zero attached hydrogens (tertiary/aromatic N) is 3. The van der Waals surface area contributed by atoms with Gasteiger partial charge in [0.05, 0.1) is 37.1 Å². The van der Waals surface area contributed by atoms with E-state index in [2.05, 4.69) is 32.6 Å². The molecule has 0 unspecified atom stereocenters. The lowest BCUT2D eigenvalue weighted by atomic mass is 9.85. The van der Waals surface area contributed by atoms with Crippen LogP contribution in [-0.4, -0.2) is 47.2 Å². The van der Waals surface area contributed by atoms with Crippen LogP contribution in [0.15, 0.2) is 72.9 Å². The lowest BCUT2D eigenvalue weighted by Crippen LogP contribution is -2.44. The number of nitrogens with one attached hydrogen (secondary N) is 3. The second kappa shape index (κ2) is 10.8. The van der Waals surface area contributed by atoms with E-state index >= 15 is 0 Å². The Kier molecular flexibility index (Phi) is 7.15. The second-order valence-corrected chi connectivity index (χ2v) is 9.41. The second-order valence-electron chi connectivity index (χ2n) is 9.41. The molecule has 2 aromatic carbocycles. The first-order valence-corrected chi connectivity index (χ1v) is 12.2. The van der Waals surface area contributed by atoms with Crippen molar-refractivity contribution in [2.75, 3.05) is 36.3 Å². The highest BCUT2D eigenvalue weighted by atomic mass is 16.5. The number of carbonyl (C=O) groups excluding carboxylic acids is 2. The highest BCUT2D eigenvalue weighted by molar-refractivity contribution is 5.99. The maximum Gasteiger partial charge on any atom is 0.412 e. The lowest BCUT2D eigenvalue weighted by molar-refractivity contribution is -0.0522. The highest BCUT2D eigenvalue weighted by Gasteiger charge is 2.38. The molecule has 3 amide bonds. The third kappa shape index (κ3) is 5.99. The highest BCUT2D eigenvalue weighted by Crippen LogP contribution is 2.33. The van der Waals surface area contributed by atoms with Crippen molar-refractivity contribution in [3.63, 3.8) is 0 Å². The molecule has 2 aromatic heterocycles. The molecule has 0 atom stereocenters. The topological polar surface area (TPSA) is 129 Å². The number of carbonyl (C=O) groups is 2. The third-order valence-corrected chi connectivity index (χ3v) is 6.18. The molecule has 1 aliphatic rings. The molecule has 4 aromatic rings. The zero-order valence-corrected chi connectivity index (χ0v) is 21.7. The summed E-state index contributed by atoms with van der Waals surface area (Å²) in [5, 5.41) is 13.0. The summed E-state index contributed by atoms with van der Waals surface area (Å²) in [6.07, 6.45) is 0.879. The molecule has 0 radical (unpaired) electrons. The molecule has 39 heavy (non-hydrogen) atoms. The smallest absolute Gasteiger partial charge is 0.412 e. The standard InChI is InChI=1S/C28H28N6O5/c1-18-4-8-20(9-5-18)34-25(15-23(33-34)28(2)16-38-17-28)32-26(35)30-19-6-10-21(11-7-19)39-22-12-13-29-24(14-22)31-27(36)37-3/h4-15H,16-17H2,1-3H3,(H,29,31,36)(H2,30,32,35). The number of hydrogen-bond acceptors (Lipinski definition) is 7. The Labute approximate surface area is 225 Å². The summed E-state index contributed by atoms with van der Waals surface area (Å²) in [6.45, 7) is 5.28. The number of benzene rings is 2. The van der Waals surface area contributed by atoms with E-state index in [1.807, 2.05) is 37.3 Å². The Morgan fingerprint density at radius 3 is 2.36 bits per heavy atom. The van der Waals surface area contributed by atoms with Gasteiger partial charge in [-0.3, -0.25) is 10.6 Å². The fraction of sp³-hybridized carbons (Fsp3) is 0.214. The van der Waals surface area contributed by atoms with E-state index in [0.717, 1.165) is 16.9 Å². The fourth-order valence-electron chi connectivity index (χ4n) is 3.92. The number of methoxy groups -OCH3 is 1. The van der Waals surface area contributed by atoms with Gasteiger partial charge in [-0.05, 0) is 56.3 Å². The quantitative estimate of drug-likeness (QED) is 0.290. The van der Waals surface area contributed by atoms with Gasteiger partial charge in [0.25, 0.3) is 0 Å². The SMILES string of the molecule is COC(=O)Nc1cc(Oc2ccc(NC(=O)Nc3cc(C4(C)COC4)nn3-c3ccc(C)cc3)cc2)ccn1. The van der Waals surface area contributed by atoms with E-state index in [9.17, 15) is 9.59 Å². The summed E-state index contributed by atoms with van der Waals surface area (Å²) in [5.41, 5.74) is 3.21. The fourth-order valence-corrected chi connectivity index (χ4v) is 3.92. The first-order chi connectivity index (χ1) is 18.8. The average Bonchev–Trinajstić information content (AvgIpc) is 3.32. The summed E-state index contributed by atoms with van der Waals surface area (Å²) in [5.74, 6) is 1.85. The van der Waals surface area contributed by atoms with Gasteiger partial charge in [0.2, 0.25) is 0 Å². The van der Waals surface area contributed by atoms with Crippen LogP contribution >= 0.6 is 0 Å². The van der Waals surface area contributed by atoms with Crippen LogP contribution in [0.3, 0.4) is 0 Å². The van der Waals surface area contributed by atoms with Crippen LogP contribution in [0, 0.1) is 6.92 Å². The summed E-state index contributed by atoms with van der Waals surface area (Å²) in [6, 6.07) is 19.5. The summed E-state index contributed by atoms with van der Waals surface area (Å²) >= 11 is 0. The van der Waals surface area contributed by atoms with E-state index in [4.69, 9.17) is 14.6 Å². The van der Waals surface area contributed by atoms with E-state index in [-0.39, 0.29) is 5.41 Å². The van der Waals surface area contributed by atoms with Crippen molar-refractivity contribution >= 4 is 29.4 Å². The van der Waals surface area contributed by atoms with Crippen LogP contribution in [0.4, 0.5) is 26.9 Å². The van der Waals surface area contributed by atoms with Crippen molar-refractivity contribution in [1.82, 2.24) is 14.8 Å². The van der Waals surface area contributed by atoms with E-state index < -0.39 is 12.1 Å². The van der Waals surface area contributed by atoms with Gasteiger partial charge in [0, 0.05) is 24.0 Å². The molecule has 0 spiro atoms. The predicted molar refractivity (Wildman–Crippen MR) is 146 cm³/mol. The van der Waals surface area contributed by atoms with Gasteiger partial charge in [-0.25, -0.2) is 19.3 Å². The number of ether oxygens (including phenoxy) is 3. The van der Waals surface area contributed by atoms with Crippen LogP contribution in [0.25, 0.3) is 5.69 Å². The summed E-state index contributed by atoms with van der Waals surface area (Å²) < 4.78 is 17.5. The minimum absolute atomic E-state index is 0.191. The molecule has 1 fully saturated rings. The Morgan fingerprint density at radius 2 is 1.69 bits per heavy atom. The number of hydrogen-bond donors (Lipinski definition) is 3. The van der Waals surface area contributed by atoms with Crippen molar-refractivity contribution in [2.24, 2.45) is 0 Å². The number of rotatable bonds is 7. The number of anilines is 3. The van der Waals surface area contributed by atoms with Crippen molar-refractivity contribution in [1.29, 1.82) is 0 Å². The van der Waals surface area contributed by atoms with Crippen LogP contribution in [-0.2, 0) is 14.9 Å². The first-order valence-electron chi connectivity index (χ1n) is 12.2. The molecule has 0 saturated carbocycles. The van der Waals surface area contributed by atoms with Crippen LogP contribution in [0.2, 0.25) is 0 Å². The maximum absolute atomic E-state index is 12.9. The molecule has 3 heterocycles. The third-order valence-electron chi connectivity index (χ3n) is 6.18. The molecule has 0 bridgehead atoms. The van der Waals surface area contributed by atoms with Gasteiger partial charge in [-0.2, -0.15) is 5.10 Å². The van der Waals surface area contributed by atoms with Gasteiger partial charge in [-0.15, -0.1) is 0 Å². The summed E-state index contributed by atoms with van der Waals surface area (Å²) in [7, 11) is 1.27. The molecule has 11 heteroatoms. The van der Waals surface area contributed by atoms with Crippen molar-refractivity contribution in [3.05, 3.63) is 84.2 Å². The monoisotopic (exact) mass is 528 g/mol. The number of pyridine rings is 1. The van der Waals surface area contributed by atoms with Crippen LogP contribution in [0.5, 0.6) is 11.5 Å². The van der Waals surface area contributed by atoms with Crippen LogP contribution < -0.4 is 20.7 Å². The van der Waals surface area contributed by atoms with E-state index in [0.29, 0.717) is 42.0 Å². The molecule has 3 N–H and O–H groups in total. The normalized spacial score (nSPS) is 13.6. The maximum atomic E-state index is 12.9. The Morgan fingerprint density at radius 1 is 0.949 bits per heavy atom. The molecular weight excluding hydrogens is 500 g/mol. The van der Waals surface area contributed by atoms with Gasteiger partial charge in [0.1, 0.15) is 23.1 Å².